The summed E-state index contributed by atoms with van der Waals surface area (Å²) in [6.45, 7) is 15.6. The Morgan fingerprint density at radius 2 is 1.63 bits per heavy atom. The van der Waals surface area contributed by atoms with Crippen LogP contribution in [0.2, 0.25) is 18.1 Å². The van der Waals surface area contributed by atoms with E-state index in [4.69, 9.17) is 9.16 Å². The van der Waals surface area contributed by atoms with E-state index in [1.807, 2.05) is 24.3 Å². The summed E-state index contributed by atoms with van der Waals surface area (Å²) in [7, 11) is -3.82. The van der Waals surface area contributed by atoms with Gasteiger partial charge in [0.05, 0.1) is 19.1 Å². The first kappa shape index (κ1) is 32.1. The van der Waals surface area contributed by atoms with E-state index in [1.54, 1.807) is 31.4 Å². The van der Waals surface area contributed by atoms with Crippen molar-refractivity contribution in [3.63, 3.8) is 0 Å². The van der Waals surface area contributed by atoms with E-state index >= 15 is 0 Å². The molecule has 0 radical (unpaired) electrons. The first-order valence-corrected chi connectivity index (χ1v) is 18.1. The summed E-state index contributed by atoms with van der Waals surface area (Å²) in [5, 5.41) is 0.0402. The van der Waals surface area contributed by atoms with Gasteiger partial charge in [0.2, 0.25) is 10.0 Å². The van der Waals surface area contributed by atoms with Crippen molar-refractivity contribution < 1.29 is 17.6 Å². The van der Waals surface area contributed by atoms with Gasteiger partial charge in [0.1, 0.15) is 5.75 Å². The molecule has 0 atom stereocenters. The Morgan fingerprint density at radius 3 is 2.17 bits per heavy atom. The molecule has 1 aromatic heterocycles. The highest BCUT2D eigenvalue weighted by atomic mass is 32.2. The van der Waals surface area contributed by atoms with Crippen LogP contribution in [0.4, 0.5) is 5.69 Å². The van der Waals surface area contributed by atoms with Crippen molar-refractivity contribution in [1.82, 2.24) is 9.55 Å². The Labute approximate surface area is 243 Å². The number of hydrogen-bond donors (Lipinski definition) is 2. The highest BCUT2D eigenvalue weighted by Gasteiger charge is 2.39. The molecule has 0 spiro atoms. The number of H-pyrrole nitrogens is 1. The first-order chi connectivity index (χ1) is 18.8. The van der Waals surface area contributed by atoms with Crippen molar-refractivity contribution in [1.29, 1.82) is 0 Å². The van der Waals surface area contributed by atoms with Gasteiger partial charge in [0, 0.05) is 41.1 Å². The van der Waals surface area contributed by atoms with Crippen molar-refractivity contribution in [3.8, 4) is 11.4 Å². The number of methoxy groups -OCH3 is 1. The number of anilines is 1. The van der Waals surface area contributed by atoms with Gasteiger partial charge in [0.15, 0.2) is 8.32 Å². The molecule has 9 nitrogen and oxygen atoms in total. The molecule has 0 aliphatic carbocycles. The number of aromatic amines is 1. The Bertz CT molecular complexity index is 1650. The minimum Gasteiger partial charge on any atom is -0.496 e. The second-order valence-corrected chi connectivity index (χ2v) is 18.9. The lowest BCUT2D eigenvalue weighted by Crippen LogP contribution is -2.44. The van der Waals surface area contributed by atoms with Crippen LogP contribution in [-0.2, 0) is 19.9 Å². The first-order valence-electron chi connectivity index (χ1n) is 13.3. The van der Waals surface area contributed by atoms with Gasteiger partial charge in [-0.1, -0.05) is 58.9 Å². The Hall–Kier alpha value is -3.41. The second kappa shape index (κ2) is 11.8. The van der Waals surface area contributed by atoms with E-state index in [0.717, 1.165) is 22.9 Å². The third-order valence-corrected chi connectivity index (χ3v) is 12.5. The largest absolute Gasteiger partial charge is 0.496 e. The molecule has 11 heteroatoms. The number of rotatable bonds is 10. The Balaban J connectivity index is 2.13. The summed E-state index contributed by atoms with van der Waals surface area (Å²) in [5.41, 5.74) is 1.91. The number of aromatic nitrogens is 2. The van der Waals surface area contributed by atoms with Crippen molar-refractivity contribution >= 4 is 36.2 Å². The monoisotopic (exact) mass is 599 g/mol. The van der Waals surface area contributed by atoms with Gasteiger partial charge < -0.3 is 9.16 Å². The molecule has 222 valence electrons. The average Bonchev–Trinajstić information content (AvgIpc) is 2.85. The predicted molar refractivity (Wildman–Crippen MR) is 169 cm³/mol. The molecular weight excluding hydrogens is 558 g/mol. The maximum Gasteiger partial charge on any atom is 0.332 e. The third kappa shape index (κ3) is 8.08. The molecule has 0 saturated heterocycles. The van der Waals surface area contributed by atoms with E-state index in [2.05, 4.69) is 57.4 Å². The molecule has 2 aromatic carbocycles. The van der Waals surface area contributed by atoms with E-state index in [1.165, 1.54) is 16.8 Å². The van der Waals surface area contributed by atoms with Gasteiger partial charge in [0.25, 0.3) is 5.56 Å². The average molecular weight is 600 g/mol. The van der Waals surface area contributed by atoms with Gasteiger partial charge in [-0.15, -0.1) is 0 Å². The highest BCUT2D eigenvalue weighted by Crippen LogP contribution is 2.41. The summed E-state index contributed by atoms with van der Waals surface area (Å²) >= 11 is 0. The topological polar surface area (TPSA) is 119 Å². The van der Waals surface area contributed by atoms with E-state index in [9.17, 15) is 18.0 Å². The minimum absolute atomic E-state index is 0.0402. The van der Waals surface area contributed by atoms with Crippen LogP contribution in [-0.4, -0.2) is 46.3 Å². The molecule has 0 unspecified atom stereocenters. The van der Waals surface area contributed by atoms with Crippen LogP contribution in [0.15, 0.2) is 58.3 Å². The molecule has 41 heavy (non-hydrogen) atoms. The lowest BCUT2D eigenvalue weighted by molar-refractivity contribution is 0.216. The number of benzene rings is 2. The van der Waals surface area contributed by atoms with Crippen LogP contribution in [0, 0.1) is 0 Å². The van der Waals surface area contributed by atoms with Gasteiger partial charge in [-0.05, 0) is 48.0 Å². The van der Waals surface area contributed by atoms with E-state index < -0.39 is 35.0 Å². The smallest absolute Gasteiger partial charge is 0.332 e. The van der Waals surface area contributed by atoms with Gasteiger partial charge in [-0.25, -0.2) is 13.2 Å². The number of nitrogens with zero attached hydrogens (tertiary/aromatic N) is 1. The SMILES string of the molecule is COc1c(C=Cc2ccc(NS(C)(=O)=O)cc2)cc(-n2ccc(=O)[nH]c2=O)cc1C(C)(C)CO[Si](C)(C)C(C)(C)C. The minimum atomic E-state index is -3.38. The quantitative estimate of drug-likeness (QED) is 0.239. The molecule has 0 amide bonds. The van der Waals surface area contributed by atoms with Crippen molar-refractivity contribution in [2.24, 2.45) is 0 Å². The number of hydrogen-bond acceptors (Lipinski definition) is 6. The molecule has 0 fully saturated rings. The molecule has 0 bridgehead atoms. The standard InChI is InChI=1S/C30H41N3O6SSi/c1-29(2,3)41(8,9)39-20-30(4,5)25-19-24(33-17-16-26(34)31-28(33)35)18-22(27(25)38-6)13-10-21-11-14-23(15-12-21)32-40(7,36)37/h10-19,32H,20H2,1-9H3,(H,31,34,35). The van der Waals surface area contributed by atoms with Gasteiger partial charge in [-0.2, -0.15) is 0 Å². The van der Waals surface area contributed by atoms with Crippen LogP contribution >= 0.6 is 0 Å². The lowest BCUT2D eigenvalue weighted by atomic mass is 9.83. The normalized spacial score (nSPS) is 13.0. The summed E-state index contributed by atoms with van der Waals surface area (Å²) in [6.07, 6.45) is 6.31. The summed E-state index contributed by atoms with van der Waals surface area (Å²) < 4.78 is 39.5. The number of sulfonamides is 1. The second-order valence-electron chi connectivity index (χ2n) is 12.4. The fourth-order valence-electron chi connectivity index (χ4n) is 3.97. The number of ether oxygens (including phenoxy) is 1. The zero-order valence-corrected chi connectivity index (χ0v) is 27.1. The number of nitrogens with one attached hydrogen (secondary N) is 2. The van der Waals surface area contributed by atoms with Gasteiger partial charge in [-0.3, -0.25) is 19.1 Å². The van der Waals surface area contributed by atoms with Gasteiger partial charge >= 0.3 is 5.69 Å². The maximum absolute atomic E-state index is 12.7. The zero-order valence-electron chi connectivity index (χ0n) is 25.3. The molecular formula is C30H41N3O6SSi. The third-order valence-electron chi connectivity index (χ3n) is 7.41. The highest BCUT2D eigenvalue weighted by molar-refractivity contribution is 7.92. The Kier molecular flexibility index (Phi) is 9.26. The predicted octanol–water partition coefficient (Wildman–Crippen LogP) is 5.38. The zero-order chi connectivity index (χ0) is 30.8. The fraction of sp³-hybridized carbons (Fsp3) is 0.400. The molecule has 0 aliphatic rings. The molecule has 0 saturated carbocycles. The van der Waals surface area contributed by atoms with Crippen molar-refractivity contribution in [2.45, 2.75) is 58.2 Å². The maximum atomic E-state index is 12.7. The van der Waals surface area contributed by atoms with Crippen LogP contribution in [0.5, 0.6) is 5.75 Å². The molecule has 2 N–H and O–H groups in total. The van der Waals surface area contributed by atoms with Crippen molar-refractivity contribution in [2.75, 3.05) is 24.7 Å². The summed E-state index contributed by atoms with van der Waals surface area (Å²) in [4.78, 5) is 26.8. The van der Waals surface area contributed by atoms with Crippen LogP contribution in [0.3, 0.4) is 0 Å². The molecule has 0 aliphatic heterocycles. The van der Waals surface area contributed by atoms with Crippen LogP contribution in [0.1, 0.15) is 51.3 Å². The lowest BCUT2D eigenvalue weighted by Gasteiger charge is -2.39. The van der Waals surface area contributed by atoms with E-state index in [-0.39, 0.29) is 5.04 Å². The summed E-state index contributed by atoms with van der Waals surface area (Å²) in [6, 6.07) is 12.0. The molecule has 1 heterocycles. The van der Waals surface area contributed by atoms with Crippen LogP contribution < -0.4 is 20.7 Å². The summed E-state index contributed by atoms with van der Waals surface area (Å²) in [5.74, 6) is 0.640. The van der Waals surface area contributed by atoms with Crippen molar-refractivity contribution in [3.05, 3.63) is 86.2 Å². The van der Waals surface area contributed by atoms with E-state index in [0.29, 0.717) is 23.7 Å². The molecule has 3 rings (SSSR count). The molecule has 3 aromatic rings. The Morgan fingerprint density at radius 1 is 1.00 bits per heavy atom. The fourth-order valence-corrected chi connectivity index (χ4v) is 5.69. The van der Waals surface area contributed by atoms with Crippen LogP contribution in [0.25, 0.3) is 17.8 Å².